The number of anilines is 1. The van der Waals surface area contributed by atoms with Crippen LogP contribution < -0.4 is 9.64 Å². The van der Waals surface area contributed by atoms with Crippen LogP contribution >= 0.6 is 0 Å². The molecule has 2 aromatic rings. The number of likely N-dealkylation sites (tertiary alicyclic amines) is 1. The number of carboxylic acids is 1. The van der Waals surface area contributed by atoms with E-state index in [1.54, 1.807) is 23.1 Å². The van der Waals surface area contributed by atoms with Crippen LogP contribution in [0.3, 0.4) is 0 Å². The molecular formula is C30H35F3N2O6. The van der Waals surface area contributed by atoms with Crippen LogP contribution in [0.4, 0.5) is 18.9 Å². The maximum atomic E-state index is 14.1. The summed E-state index contributed by atoms with van der Waals surface area (Å²) in [6.07, 6.45) is -7.16. The zero-order valence-electron chi connectivity index (χ0n) is 23.5. The summed E-state index contributed by atoms with van der Waals surface area (Å²) < 4.78 is 50.8. The van der Waals surface area contributed by atoms with Gasteiger partial charge in [-0.05, 0) is 37.3 Å². The Balaban J connectivity index is 1.76. The maximum Gasteiger partial charge on any atom is 0.573 e. The van der Waals surface area contributed by atoms with Crippen LogP contribution in [0, 0.1) is 18.3 Å². The lowest BCUT2D eigenvalue weighted by Crippen LogP contribution is -2.47. The van der Waals surface area contributed by atoms with Gasteiger partial charge >= 0.3 is 12.3 Å². The van der Waals surface area contributed by atoms with Crippen molar-refractivity contribution in [2.75, 3.05) is 24.5 Å². The lowest BCUT2D eigenvalue weighted by Gasteiger charge is -2.33. The Kier molecular flexibility index (Phi) is 8.67. The highest BCUT2D eigenvalue weighted by Crippen LogP contribution is 2.43. The molecule has 0 spiro atoms. The molecule has 2 aliphatic heterocycles. The first-order valence-corrected chi connectivity index (χ1v) is 13.6. The molecule has 8 nitrogen and oxygen atoms in total. The van der Waals surface area contributed by atoms with Crippen molar-refractivity contribution in [3.8, 4) is 5.75 Å². The summed E-state index contributed by atoms with van der Waals surface area (Å²) in [5.74, 6) is -2.77. The quantitative estimate of drug-likeness (QED) is 0.490. The fourth-order valence-corrected chi connectivity index (χ4v) is 5.31. The number of ether oxygens (including phenoxy) is 2. The molecule has 2 atom stereocenters. The number of alkyl halides is 3. The van der Waals surface area contributed by atoms with Gasteiger partial charge in [0.25, 0.3) is 5.91 Å². The van der Waals surface area contributed by atoms with Crippen molar-refractivity contribution in [3.63, 3.8) is 0 Å². The number of hydrogen-bond donors (Lipinski definition) is 1. The Morgan fingerprint density at radius 2 is 1.71 bits per heavy atom. The lowest BCUT2D eigenvalue weighted by molar-refractivity contribution is -0.275. The number of halogens is 3. The maximum absolute atomic E-state index is 14.1. The second kappa shape index (κ2) is 11.7. The molecule has 2 aliphatic rings. The molecule has 2 amide bonds. The van der Waals surface area contributed by atoms with Gasteiger partial charge in [0.05, 0.1) is 12.3 Å². The van der Waals surface area contributed by atoms with E-state index in [-0.39, 0.29) is 42.9 Å². The number of piperidine rings is 1. The molecule has 1 N–H and O–H groups in total. The number of rotatable bonds is 6. The molecule has 2 heterocycles. The molecule has 2 unspecified atom stereocenters. The van der Waals surface area contributed by atoms with Crippen molar-refractivity contribution in [1.29, 1.82) is 0 Å². The van der Waals surface area contributed by atoms with Crippen LogP contribution in [0.2, 0.25) is 0 Å². The number of carbonyl (C=O) groups is 3. The third-order valence-electron chi connectivity index (χ3n) is 7.21. The number of para-hydroxylation sites is 1. The van der Waals surface area contributed by atoms with Gasteiger partial charge in [0.15, 0.2) is 0 Å². The van der Waals surface area contributed by atoms with E-state index in [2.05, 4.69) is 4.74 Å². The number of aliphatic carboxylic acids is 1. The Morgan fingerprint density at radius 3 is 2.32 bits per heavy atom. The molecule has 4 rings (SSSR count). The van der Waals surface area contributed by atoms with Crippen LogP contribution in [-0.2, 0) is 19.1 Å². The van der Waals surface area contributed by atoms with E-state index in [0.717, 1.165) is 5.56 Å². The monoisotopic (exact) mass is 576 g/mol. The molecule has 2 aromatic carbocycles. The first-order valence-electron chi connectivity index (χ1n) is 13.6. The van der Waals surface area contributed by atoms with Gasteiger partial charge in [0.2, 0.25) is 5.91 Å². The molecule has 0 aliphatic carbocycles. The van der Waals surface area contributed by atoms with Crippen LogP contribution in [0.1, 0.15) is 62.8 Å². The number of carboxylic acid groups (broad SMARTS) is 1. The van der Waals surface area contributed by atoms with Crippen molar-refractivity contribution in [1.82, 2.24) is 4.90 Å². The molecule has 0 saturated carbocycles. The van der Waals surface area contributed by atoms with Crippen LogP contribution in [0.5, 0.6) is 5.75 Å². The summed E-state index contributed by atoms with van der Waals surface area (Å²) in [6.45, 7) is 8.43. The molecular weight excluding hydrogens is 541 g/mol. The van der Waals surface area contributed by atoms with Crippen molar-refractivity contribution < 1.29 is 42.1 Å². The Bertz CT molecular complexity index is 1300. The average Bonchev–Trinajstić information content (AvgIpc) is 2.97. The molecule has 11 heteroatoms. The summed E-state index contributed by atoms with van der Waals surface area (Å²) in [6, 6.07) is 11.0. The molecule has 1 fully saturated rings. The van der Waals surface area contributed by atoms with Gasteiger partial charge in [-0.1, -0.05) is 56.7 Å². The van der Waals surface area contributed by atoms with Crippen molar-refractivity contribution in [3.05, 3.63) is 59.2 Å². The first kappa shape index (κ1) is 30.4. The minimum absolute atomic E-state index is 0.0711. The highest BCUT2D eigenvalue weighted by Gasteiger charge is 2.42. The standard InChI is InChI=1S/C30H35F3N2O6/c1-18-9-10-22-21(15-18)26(20-7-5-6-8-23(20)41-30(31,32)33)40-24(27(37)35(22)17-29(2,3)4)16-25(36)34-13-11-19(12-14-34)28(38)39/h5-10,15,19,24,26H,11-14,16-17H2,1-4H3,(H,38,39). The highest BCUT2D eigenvalue weighted by molar-refractivity contribution is 6.00. The van der Waals surface area contributed by atoms with Gasteiger partial charge in [-0.2, -0.15) is 0 Å². The number of carbonyl (C=O) groups excluding carboxylic acids is 2. The number of amides is 2. The molecule has 222 valence electrons. The zero-order valence-corrected chi connectivity index (χ0v) is 23.5. The van der Waals surface area contributed by atoms with Gasteiger partial charge in [-0.15, -0.1) is 13.2 Å². The summed E-state index contributed by atoms with van der Waals surface area (Å²) in [5.41, 5.74) is 1.49. The average molecular weight is 577 g/mol. The topological polar surface area (TPSA) is 96.4 Å². The van der Waals surface area contributed by atoms with E-state index < -0.39 is 42.1 Å². The van der Waals surface area contributed by atoms with E-state index in [1.807, 2.05) is 33.8 Å². The third-order valence-corrected chi connectivity index (χ3v) is 7.21. The van der Waals surface area contributed by atoms with E-state index in [1.165, 1.54) is 23.1 Å². The van der Waals surface area contributed by atoms with Crippen molar-refractivity contribution >= 4 is 23.5 Å². The third kappa shape index (κ3) is 7.38. The summed E-state index contributed by atoms with van der Waals surface area (Å²) >= 11 is 0. The van der Waals surface area contributed by atoms with Gasteiger partial charge in [0.1, 0.15) is 18.0 Å². The predicted octanol–water partition coefficient (Wildman–Crippen LogP) is 5.47. The van der Waals surface area contributed by atoms with E-state index in [4.69, 9.17) is 4.74 Å². The van der Waals surface area contributed by atoms with E-state index in [0.29, 0.717) is 24.1 Å². The number of hydrogen-bond acceptors (Lipinski definition) is 5. The lowest BCUT2D eigenvalue weighted by atomic mass is 9.93. The van der Waals surface area contributed by atoms with E-state index in [9.17, 15) is 32.7 Å². The SMILES string of the molecule is Cc1ccc2c(c1)C(c1ccccc1OC(F)(F)F)OC(CC(=O)N1CCC(C(=O)O)CC1)C(=O)N2CC(C)(C)C. The number of benzene rings is 2. The Labute approximate surface area is 237 Å². The van der Waals surface area contributed by atoms with Crippen LogP contribution in [0.25, 0.3) is 0 Å². The smallest absolute Gasteiger partial charge is 0.481 e. The Hall–Kier alpha value is -3.60. The van der Waals surface area contributed by atoms with Crippen molar-refractivity contribution in [2.45, 2.75) is 65.5 Å². The highest BCUT2D eigenvalue weighted by atomic mass is 19.4. The second-order valence-corrected chi connectivity index (χ2v) is 11.8. The fraction of sp³-hybridized carbons (Fsp3) is 0.500. The van der Waals surface area contributed by atoms with Crippen LogP contribution in [0.15, 0.2) is 42.5 Å². The van der Waals surface area contributed by atoms with Crippen molar-refractivity contribution in [2.24, 2.45) is 11.3 Å². The molecule has 1 saturated heterocycles. The van der Waals surface area contributed by atoms with E-state index >= 15 is 0 Å². The molecule has 0 bridgehead atoms. The summed E-state index contributed by atoms with van der Waals surface area (Å²) in [7, 11) is 0. The first-order chi connectivity index (χ1) is 19.1. The Morgan fingerprint density at radius 1 is 1.05 bits per heavy atom. The zero-order chi connectivity index (χ0) is 30.1. The second-order valence-electron chi connectivity index (χ2n) is 11.8. The van der Waals surface area contributed by atoms with Gasteiger partial charge in [-0.3, -0.25) is 14.4 Å². The minimum atomic E-state index is -4.96. The van der Waals surface area contributed by atoms with Gasteiger partial charge in [0, 0.05) is 36.4 Å². The summed E-state index contributed by atoms with van der Waals surface area (Å²) in [5, 5.41) is 9.29. The molecule has 0 radical (unpaired) electrons. The summed E-state index contributed by atoms with van der Waals surface area (Å²) in [4.78, 5) is 41.8. The number of aryl methyl sites for hydroxylation is 1. The normalized spacial score (nSPS) is 20.4. The van der Waals surface area contributed by atoms with Gasteiger partial charge < -0.3 is 24.4 Å². The fourth-order valence-electron chi connectivity index (χ4n) is 5.31. The van der Waals surface area contributed by atoms with Crippen LogP contribution in [-0.4, -0.2) is 59.9 Å². The molecule has 41 heavy (non-hydrogen) atoms. The minimum Gasteiger partial charge on any atom is -0.481 e. The molecule has 0 aromatic heterocycles. The van der Waals surface area contributed by atoms with Gasteiger partial charge in [-0.25, -0.2) is 0 Å². The predicted molar refractivity (Wildman–Crippen MR) is 144 cm³/mol. The largest absolute Gasteiger partial charge is 0.573 e. The number of fused-ring (bicyclic) bond motifs is 1. The number of nitrogens with zero attached hydrogens (tertiary/aromatic N) is 2.